The Morgan fingerprint density at radius 3 is 2.96 bits per heavy atom. The molecular formula is C16H18ClN3O3S2. The van der Waals surface area contributed by atoms with Gasteiger partial charge in [-0.05, 0) is 24.6 Å². The number of benzene rings is 1. The molecule has 6 nitrogen and oxygen atoms in total. The summed E-state index contributed by atoms with van der Waals surface area (Å²) in [5, 5.41) is 1.31. The van der Waals surface area contributed by atoms with Crippen LogP contribution >= 0.6 is 23.4 Å². The molecule has 0 spiro atoms. The maximum absolute atomic E-state index is 12.4. The summed E-state index contributed by atoms with van der Waals surface area (Å²) < 4.78 is 25.0. The highest BCUT2D eigenvalue weighted by molar-refractivity contribution is 7.99. The molecule has 1 unspecified atom stereocenters. The number of aromatic nitrogens is 2. The molecule has 1 fully saturated rings. The molecule has 2 heterocycles. The van der Waals surface area contributed by atoms with Gasteiger partial charge in [0, 0.05) is 36.2 Å². The summed E-state index contributed by atoms with van der Waals surface area (Å²) in [5.74, 6) is 0.302. The van der Waals surface area contributed by atoms with E-state index >= 15 is 0 Å². The number of nitrogens with zero attached hydrogens (tertiary/aromatic N) is 3. The molecule has 1 aliphatic heterocycles. The van der Waals surface area contributed by atoms with Gasteiger partial charge < -0.3 is 4.90 Å². The Hall–Kier alpha value is -1.51. The van der Waals surface area contributed by atoms with Crippen LogP contribution in [0.1, 0.15) is 6.42 Å². The number of hydrogen-bond acceptors (Lipinski definition) is 5. The van der Waals surface area contributed by atoms with Crippen LogP contribution in [-0.4, -0.2) is 59.1 Å². The molecule has 134 valence electrons. The van der Waals surface area contributed by atoms with E-state index in [0.29, 0.717) is 16.6 Å². The number of carbonyl (C=O) groups is 1. The number of carbonyl (C=O) groups excluding carboxylic acids is 1. The number of rotatable bonds is 5. The molecule has 9 heteroatoms. The van der Waals surface area contributed by atoms with Crippen molar-refractivity contribution in [2.45, 2.75) is 17.6 Å². The summed E-state index contributed by atoms with van der Waals surface area (Å²) in [7, 11) is -1.34. The lowest BCUT2D eigenvalue weighted by Crippen LogP contribution is -2.38. The van der Waals surface area contributed by atoms with Gasteiger partial charge in [0.25, 0.3) is 0 Å². The number of halogens is 1. The fourth-order valence-corrected chi connectivity index (χ4v) is 5.59. The van der Waals surface area contributed by atoms with Gasteiger partial charge in [0.05, 0.1) is 17.3 Å². The first kappa shape index (κ1) is 18.3. The lowest BCUT2D eigenvalue weighted by atomic mass is 10.2. The smallest absolute Gasteiger partial charge is 0.233 e. The normalized spacial score (nSPS) is 19.0. The van der Waals surface area contributed by atoms with Gasteiger partial charge in [-0.25, -0.2) is 13.4 Å². The monoisotopic (exact) mass is 399 g/mol. The van der Waals surface area contributed by atoms with Crippen molar-refractivity contribution in [1.29, 1.82) is 0 Å². The van der Waals surface area contributed by atoms with Crippen molar-refractivity contribution in [2.24, 2.45) is 0 Å². The van der Waals surface area contributed by atoms with Gasteiger partial charge in [0.2, 0.25) is 5.91 Å². The van der Waals surface area contributed by atoms with Crippen LogP contribution in [0.15, 0.2) is 41.8 Å². The molecule has 1 aromatic heterocycles. The van der Waals surface area contributed by atoms with Gasteiger partial charge in [-0.2, -0.15) is 0 Å². The Bertz CT molecular complexity index is 882. The third-order valence-corrected chi connectivity index (χ3v) is 7.10. The van der Waals surface area contributed by atoms with Crippen molar-refractivity contribution in [3.05, 3.63) is 41.7 Å². The molecule has 1 aliphatic rings. The number of thioether (sulfide) groups is 1. The van der Waals surface area contributed by atoms with Crippen LogP contribution in [0.4, 0.5) is 0 Å². The lowest BCUT2D eigenvalue weighted by Gasteiger charge is -2.23. The molecule has 1 amide bonds. The highest BCUT2D eigenvalue weighted by Gasteiger charge is 2.32. The van der Waals surface area contributed by atoms with E-state index in [1.807, 2.05) is 29.0 Å². The molecule has 0 aliphatic carbocycles. The van der Waals surface area contributed by atoms with Crippen molar-refractivity contribution in [2.75, 3.05) is 24.3 Å². The van der Waals surface area contributed by atoms with Crippen molar-refractivity contribution >= 4 is 39.1 Å². The quantitative estimate of drug-likeness (QED) is 0.721. The number of hydrogen-bond donors (Lipinski definition) is 0. The van der Waals surface area contributed by atoms with Crippen LogP contribution in [0.5, 0.6) is 0 Å². The zero-order valence-corrected chi connectivity index (χ0v) is 16.0. The summed E-state index contributed by atoms with van der Waals surface area (Å²) in [5.41, 5.74) is 0.871. The lowest BCUT2D eigenvalue weighted by molar-refractivity contribution is -0.128. The Balaban J connectivity index is 1.65. The average Bonchev–Trinajstić information content (AvgIpc) is 3.18. The third kappa shape index (κ3) is 4.37. The largest absolute Gasteiger partial charge is 0.341 e. The van der Waals surface area contributed by atoms with Crippen LogP contribution in [0.2, 0.25) is 5.02 Å². The predicted molar refractivity (Wildman–Crippen MR) is 99.1 cm³/mol. The van der Waals surface area contributed by atoms with Crippen molar-refractivity contribution in [3.63, 3.8) is 0 Å². The number of imidazole rings is 1. The van der Waals surface area contributed by atoms with Gasteiger partial charge in [-0.3, -0.25) is 9.36 Å². The Labute approximate surface area is 156 Å². The second-order valence-electron chi connectivity index (χ2n) is 5.91. The topological polar surface area (TPSA) is 72.3 Å². The van der Waals surface area contributed by atoms with Crippen LogP contribution in [-0.2, 0) is 14.6 Å². The van der Waals surface area contributed by atoms with Gasteiger partial charge in [0.15, 0.2) is 15.0 Å². The summed E-state index contributed by atoms with van der Waals surface area (Å²) in [6.07, 6.45) is 3.99. The van der Waals surface area contributed by atoms with Gasteiger partial charge in [-0.15, -0.1) is 0 Å². The Kier molecular flexibility index (Phi) is 5.41. The average molecular weight is 400 g/mol. The molecule has 3 rings (SSSR count). The second kappa shape index (κ2) is 7.39. The third-order valence-electron chi connectivity index (χ3n) is 4.17. The fourth-order valence-electron chi connectivity index (χ4n) is 2.73. The molecule has 1 saturated heterocycles. The maximum atomic E-state index is 12.4. The van der Waals surface area contributed by atoms with Gasteiger partial charge >= 0.3 is 0 Å². The van der Waals surface area contributed by atoms with E-state index in [1.54, 1.807) is 24.2 Å². The minimum Gasteiger partial charge on any atom is -0.341 e. The minimum atomic E-state index is -3.01. The maximum Gasteiger partial charge on any atom is 0.233 e. The standard InChI is InChI=1S/C16H18ClN3O3S2/c1-19(14-5-8-25(22,23)11-14)15(21)10-24-16-18-6-7-20(16)13-4-2-3-12(17)9-13/h2-4,6-7,9,14H,5,8,10-11H2,1H3. The molecule has 2 aromatic rings. The van der Waals surface area contributed by atoms with Crippen molar-refractivity contribution < 1.29 is 13.2 Å². The van der Waals surface area contributed by atoms with Crippen LogP contribution in [0.25, 0.3) is 5.69 Å². The fraction of sp³-hybridized carbons (Fsp3) is 0.375. The zero-order valence-electron chi connectivity index (χ0n) is 13.6. The first-order valence-electron chi connectivity index (χ1n) is 7.74. The van der Waals surface area contributed by atoms with Crippen LogP contribution in [0, 0.1) is 0 Å². The van der Waals surface area contributed by atoms with E-state index in [-0.39, 0.29) is 29.2 Å². The molecule has 1 aromatic carbocycles. The summed E-state index contributed by atoms with van der Waals surface area (Å²) >= 11 is 7.35. The van der Waals surface area contributed by atoms with E-state index in [4.69, 9.17) is 11.6 Å². The molecule has 1 atom stereocenters. The van der Waals surface area contributed by atoms with E-state index in [0.717, 1.165) is 5.69 Å². The molecule has 0 bridgehead atoms. The molecular weight excluding hydrogens is 382 g/mol. The van der Waals surface area contributed by atoms with E-state index in [9.17, 15) is 13.2 Å². The van der Waals surface area contributed by atoms with Crippen LogP contribution in [0.3, 0.4) is 0 Å². The van der Waals surface area contributed by atoms with E-state index in [1.165, 1.54) is 11.8 Å². The highest BCUT2D eigenvalue weighted by atomic mass is 35.5. The number of amides is 1. The van der Waals surface area contributed by atoms with Gasteiger partial charge in [0.1, 0.15) is 0 Å². The summed E-state index contributed by atoms with van der Waals surface area (Å²) in [6, 6.07) is 7.15. The van der Waals surface area contributed by atoms with Gasteiger partial charge in [-0.1, -0.05) is 29.4 Å². The summed E-state index contributed by atoms with van der Waals surface area (Å²) in [6.45, 7) is 0. The zero-order chi connectivity index (χ0) is 18.0. The van der Waals surface area contributed by atoms with E-state index in [2.05, 4.69) is 4.98 Å². The predicted octanol–water partition coefficient (Wildman–Crippen LogP) is 2.26. The summed E-state index contributed by atoms with van der Waals surface area (Å²) in [4.78, 5) is 18.2. The SMILES string of the molecule is CN(C(=O)CSc1nccn1-c1cccc(Cl)c1)C1CCS(=O)(=O)C1. The molecule has 0 saturated carbocycles. The molecule has 25 heavy (non-hydrogen) atoms. The molecule has 0 N–H and O–H groups in total. The highest BCUT2D eigenvalue weighted by Crippen LogP contribution is 2.23. The molecule has 0 radical (unpaired) electrons. The minimum absolute atomic E-state index is 0.0526. The second-order valence-corrected chi connectivity index (χ2v) is 9.52. The first-order valence-corrected chi connectivity index (χ1v) is 10.9. The van der Waals surface area contributed by atoms with E-state index < -0.39 is 9.84 Å². The number of sulfone groups is 1. The van der Waals surface area contributed by atoms with Crippen LogP contribution < -0.4 is 0 Å². The van der Waals surface area contributed by atoms with Crippen molar-refractivity contribution in [1.82, 2.24) is 14.5 Å². The first-order chi connectivity index (χ1) is 11.9. The Morgan fingerprint density at radius 1 is 1.48 bits per heavy atom. The van der Waals surface area contributed by atoms with Crippen molar-refractivity contribution in [3.8, 4) is 5.69 Å². The Morgan fingerprint density at radius 2 is 2.28 bits per heavy atom.